The number of carbonyl (C=O) groups excluding carboxylic acids is 1. The minimum atomic E-state index is -0.188. The van der Waals surface area contributed by atoms with Gasteiger partial charge in [-0.25, -0.2) is 4.39 Å². The van der Waals surface area contributed by atoms with Crippen LogP contribution < -0.4 is 10.2 Å². The summed E-state index contributed by atoms with van der Waals surface area (Å²) in [6, 6.07) is 13.4. The molecule has 0 bridgehead atoms. The average molecular weight is 355 g/mol. The van der Waals surface area contributed by atoms with Gasteiger partial charge in [0.2, 0.25) is 0 Å². The Morgan fingerprint density at radius 1 is 1.19 bits per heavy atom. The summed E-state index contributed by atoms with van der Waals surface area (Å²) in [6.07, 6.45) is 2.22. The third-order valence-electron chi connectivity index (χ3n) is 5.11. The second-order valence-corrected chi connectivity index (χ2v) is 7.62. The Hall–Kier alpha value is -2.20. The first-order valence-electron chi connectivity index (χ1n) is 9.43. The molecular formula is C22H28FN2O+. The molecule has 3 nitrogen and oxygen atoms in total. The van der Waals surface area contributed by atoms with Crippen LogP contribution in [0, 0.1) is 12.7 Å². The maximum atomic E-state index is 14.0. The molecule has 2 N–H and O–H groups in total. The molecule has 1 atom stereocenters. The fourth-order valence-corrected chi connectivity index (χ4v) is 3.46. The first-order valence-corrected chi connectivity index (χ1v) is 9.43. The monoisotopic (exact) mass is 355 g/mol. The first kappa shape index (κ1) is 18.6. The number of halogens is 1. The Bertz CT molecular complexity index is 783. The fraction of sp³-hybridized carbons (Fsp3) is 0.409. The molecule has 4 heteroatoms. The summed E-state index contributed by atoms with van der Waals surface area (Å²) in [5.74, 6) is 0.155. The molecule has 3 rings (SSSR count). The van der Waals surface area contributed by atoms with Crippen LogP contribution in [0.3, 0.4) is 0 Å². The maximum Gasteiger partial charge on any atom is 0.279 e. The minimum absolute atomic E-state index is 0.000519. The molecule has 26 heavy (non-hydrogen) atoms. The summed E-state index contributed by atoms with van der Waals surface area (Å²) in [7, 11) is 0. The molecule has 1 aliphatic carbocycles. The third-order valence-corrected chi connectivity index (χ3v) is 5.11. The zero-order chi connectivity index (χ0) is 18.7. The summed E-state index contributed by atoms with van der Waals surface area (Å²) in [6.45, 7) is 7.20. The highest BCUT2D eigenvalue weighted by Gasteiger charge is 2.35. The predicted molar refractivity (Wildman–Crippen MR) is 103 cm³/mol. The van der Waals surface area contributed by atoms with Crippen LogP contribution in [0.15, 0.2) is 42.5 Å². The molecule has 0 radical (unpaired) electrons. The summed E-state index contributed by atoms with van der Waals surface area (Å²) in [5, 5.41) is 3.12. The van der Waals surface area contributed by atoms with Gasteiger partial charge < -0.3 is 10.2 Å². The van der Waals surface area contributed by atoms with Gasteiger partial charge in [0.1, 0.15) is 12.4 Å². The van der Waals surface area contributed by atoms with Gasteiger partial charge in [-0.15, -0.1) is 0 Å². The van der Waals surface area contributed by atoms with E-state index in [9.17, 15) is 9.18 Å². The van der Waals surface area contributed by atoms with Crippen LogP contribution in [0.5, 0.6) is 0 Å². The van der Waals surface area contributed by atoms with Gasteiger partial charge >= 0.3 is 0 Å². The molecule has 1 fully saturated rings. The van der Waals surface area contributed by atoms with Crippen LogP contribution in [0.4, 0.5) is 10.1 Å². The summed E-state index contributed by atoms with van der Waals surface area (Å²) < 4.78 is 14.0. The van der Waals surface area contributed by atoms with Gasteiger partial charge in [0.05, 0.1) is 6.04 Å². The minimum Gasteiger partial charge on any atom is -0.321 e. The highest BCUT2D eigenvalue weighted by atomic mass is 19.1. The quantitative estimate of drug-likeness (QED) is 0.784. The molecule has 138 valence electrons. The van der Waals surface area contributed by atoms with Crippen molar-refractivity contribution >= 4 is 11.6 Å². The second-order valence-electron chi connectivity index (χ2n) is 7.62. The molecule has 0 aliphatic heterocycles. The Kier molecular flexibility index (Phi) is 5.72. The molecule has 0 saturated heterocycles. The van der Waals surface area contributed by atoms with Gasteiger partial charge in [-0.1, -0.05) is 50.2 Å². The molecule has 1 amide bonds. The van der Waals surface area contributed by atoms with Crippen molar-refractivity contribution in [1.82, 2.24) is 0 Å². The highest BCUT2D eigenvalue weighted by molar-refractivity contribution is 5.93. The van der Waals surface area contributed by atoms with Crippen LogP contribution in [-0.2, 0) is 11.3 Å². The molecule has 2 aromatic rings. The predicted octanol–water partition coefficient (Wildman–Crippen LogP) is 3.44. The third kappa shape index (κ3) is 4.50. The number of hydrogen-bond acceptors (Lipinski definition) is 1. The zero-order valence-electron chi connectivity index (χ0n) is 15.8. The average Bonchev–Trinajstić information content (AvgIpc) is 3.43. The van der Waals surface area contributed by atoms with Gasteiger partial charge in [-0.2, -0.15) is 0 Å². The number of para-hydroxylation sites is 1. The zero-order valence-corrected chi connectivity index (χ0v) is 15.8. The van der Waals surface area contributed by atoms with E-state index in [-0.39, 0.29) is 11.7 Å². The number of rotatable bonds is 7. The number of benzene rings is 2. The number of carbonyl (C=O) groups is 1. The Labute approximate surface area is 155 Å². The van der Waals surface area contributed by atoms with Gasteiger partial charge in [-0.3, -0.25) is 4.79 Å². The summed E-state index contributed by atoms with van der Waals surface area (Å²) >= 11 is 0. The lowest BCUT2D eigenvalue weighted by atomic mass is 9.98. The van der Waals surface area contributed by atoms with E-state index in [1.165, 1.54) is 6.07 Å². The van der Waals surface area contributed by atoms with Gasteiger partial charge in [0.15, 0.2) is 6.54 Å². The van der Waals surface area contributed by atoms with Crippen molar-refractivity contribution in [3.05, 3.63) is 65.0 Å². The molecule has 0 spiro atoms. The van der Waals surface area contributed by atoms with E-state index < -0.39 is 0 Å². The lowest BCUT2D eigenvalue weighted by Crippen LogP contribution is -3.13. The number of aryl methyl sites for hydroxylation is 1. The van der Waals surface area contributed by atoms with Crippen molar-refractivity contribution in [2.45, 2.75) is 52.1 Å². The lowest BCUT2D eigenvalue weighted by molar-refractivity contribution is -0.917. The maximum absolute atomic E-state index is 14.0. The highest BCUT2D eigenvalue weighted by Crippen LogP contribution is 2.27. The second kappa shape index (κ2) is 8.00. The normalized spacial score (nSPS) is 15.1. The summed E-state index contributed by atoms with van der Waals surface area (Å²) in [4.78, 5) is 13.9. The van der Waals surface area contributed by atoms with Crippen molar-refractivity contribution in [2.75, 3.05) is 11.9 Å². The number of nitrogens with one attached hydrogen (secondary N) is 2. The first-order chi connectivity index (χ1) is 12.5. The van der Waals surface area contributed by atoms with Crippen molar-refractivity contribution in [2.24, 2.45) is 0 Å². The van der Waals surface area contributed by atoms with Gasteiger partial charge in [-0.05, 0) is 30.0 Å². The van der Waals surface area contributed by atoms with Crippen molar-refractivity contribution < 1.29 is 14.1 Å². The Balaban J connectivity index is 1.71. The van der Waals surface area contributed by atoms with Crippen molar-refractivity contribution in [3.63, 3.8) is 0 Å². The van der Waals surface area contributed by atoms with E-state index in [4.69, 9.17) is 0 Å². The molecular weight excluding hydrogens is 327 g/mol. The fourth-order valence-electron chi connectivity index (χ4n) is 3.46. The number of hydrogen-bond donors (Lipinski definition) is 2. The lowest BCUT2D eigenvalue weighted by Gasteiger charge is -2.21. The van der Waals surface area contributed by atoms with Crippen molar-refractivity contribution in [1.29, 1.82) is 0 Å². The van der Waals surface area contributed by atoms with Crippen LogP contribution in [0.1, 0.15) is 49.3 Å². The standard InChI is InChI=1S/C22H27FN2O/c1-15(2)19-9-6-7-16(3)22(19)24-21(26)14-25(18-11-12-18)13-17-8-4-5-10-20(17)23/h4-10,15,18H,11-14H2,1-3H3,(H,24,26)/p+1. The SMILES string of the molecule is Cc1cccc(C(C)C)c1NC(=O)C[NH+](Cc1ccccc1F)C1CC1. The van der Waals surface area contributed by atoms with E-state index in [2.05, 4.69) is 25.2 Å². The van der Waals surface area contributed by atoms with E-state index in [1.54, 1.807) is 6.07 Å². The largest absolute Gasteiger partial charge is 0.321 e. The number of amides is 1. The molecule has 1 aliphatic rings. The van der Waals surface area contributed by atoms with Crippen LogP contribution in [-0.4, -0.2) is 18.5 Å². The smallest absolute Gasteiger partial charge is 0.279 e. The van der Waals surface area contributed by atoms with Gasteiger partial charge in [0, 0.05) is 24.1 Å². The Morgan fingerprint density at radius 3 is 2.58 bits per heavy atom. The molecule has 0 aromatic heterocycles. The van der Waals surface area contributed by atoms with Crippen molar-refractivity contribution in [3.8, 4) is 0 Å². The molecule has 1 saturated carbocycles. The topological polar surface area (TPSA) is 33.5 Å². The Morgan fingerprint density at radius 2 is 1.92 bits per heavy atom. The molecule has 0 heterocycles. The van der Waals surface area contributed by atoms with Crippen LogP contribution >= 0.6 is 0 Å². The van der Waals surface area contributed by atoms with E-state index >= 15 is 0 Å². The molecule has 2 aromatic carbocycles. The molecule has 1 unspecified atom stereocenters. The number of quaternary nitrogens is 1. The summed E-state index contributed by atoms with van der Waals surface area (Å²) in [5.41, 5.74) is 3.83. The van der Waals surface area contributed by atoms with Crippen LogP contribution in [0.2, 0.25) is 0 Å². The van der Waals surface area contributed by atoms with Crippen LogP contribution in [0.25, 0.3) is 0 Å². The van der Waals surface area contributed by atoms with E-state index in [0.29, 0.717) is 30.6 Å². The van der Waals surface area contributed by atoms with Gasteiger partial charge in [0.25, 0.3) is 5.91 Å². The van der Waals surface area contributed by atoms with E-state index in [0.717, 1.165) is 34.6 Å². The van der Waals surface area contributed by atoms with E-state index in [1.807, 2.05) is 31.2 Å². The number of anilines is 1.